The first-order valence-electron chi connectivity index (χ1n) is 7.51. The summed E-state index contributed by atoms with van der Waals surface area (Å²) in [5, 5.41) is 10.3. The molecule has 1 fully saturated rings. The van der Waals surface area contributed by atoms with E-state index in [2.05, 4.69) is 52.9 Å². The molecule has 2 nitrogen and oxygen atoms in total. The van der Waals surface area contributed by atoms with Gasteiger partial charge in [0.2, 0.25) is 0 Å². The standard InChI is InChI=1S/C17H23BrN2/c1-13(2)12-20(16-5-3-4-6-16)17-8-7-14(10-18)9-15(17)11-19/h7-9,13,16H,3-6,10,12H2,1-2H3. The Morgan fingerprint density at radius 3 is 2.60 bits per heavy atom. The van der Waals surface area contributed by atoms with Crippen molar-refractivity contribution in [1.29, 1.82) is 5.26 Å². The van der Waals surface area contributed by atoms with Crippen molar-refractivity contribution >= 4 is 21.6 Å². The summed E-state index contributed by atoms with van der Waals surface area (Å²) < 4.78 is 0. The average Bonchev–Trinajstić information content (AvgIpc) is 2.98. The Labute approximate surface area is 130 Å². The van der Waals surface area contributed by atoms with Crippen LogP contribution in [0.4, 0.5) is 5.69 Å². The van der Waals surface area contributed by atoms with Gasteiger partial charge < -0.3 is 4.90 Å². The fraction of sp³-hybridized carbons (Fsp3) is 0.588. The van der Waals surface area contributed by atoms with E-state index in [1.807, 2.05) is 6.07 Å². The minimum atomic E-state index is 0.609. The summed E-state index contributed by atoms with van der Waals surface area (Å²) in [5.74, 6) is 0.609. The molecule has 1 saturated carbocycles. The molecule has 1 aliphatic rings. The normalized spacial score (nSPS) is 15.6. The van der Waals surface area contributed by atoms with Gasteiger partial charge in [-0.2, -0.15) is 5.26 Å². The minimum absolute atomic E-state index is 0.609. The number of alkyl halides is 1. The van der Waals surface area contributed by atoms with Crippen molar-refractivity contribution in [3.8, 4) is 6.07 Å². The molecule has 0 aromatic heterocycles. The van der Waals surface area contributed by atoms with Crippen LogP contribution in [0, 0.1) is 17.2 Å². The van der Waals surface area contributed by atoms with Crippen LogP contribution in [0.5, 0.6) is 0 Å². The van der Waals surface area contributed by atoms with Gasteiger partial charge in [0.25, 0.3) is 0 Å². The predicted molar refractivity (Wildman–Crippen MR) is 88.2 cm³/mol. The molecule has 1 aliphatic carbocycles. The SMILES string of the molecule is CC(C)CN(c1ccc(CBr)cc1C#N)C1CCCC1. The molecule has 1 aromatic carbocycles. The van der Waals surface area contributed by atoms with E-state index in [1.54, 1.807) is 0 Å². The second kappa shape index (κ2) is 7.13. The molecule has 2 rings (SSSR count). The second-order valence-electron chi connectivity index (χ2n) is 6.08. The fourth-order valence-corrected chi connectivity index (χ4v) is 3.41. The van der Waals surface area contributed by atoms with Crippen LogP contribution in [-0.2, 0) is 5.33 Å². The van der Waals surface area contributed by atoms with Gasteiger partial charge in [0, 0.05) is 17.9 Å². The van der Waals surface area contributed by atoms with E-state index in [1.165, 1.54) is 31.2 Å². The molecule has 0 saturated heterocycles. The monoisotopic (exact) mass is 334 g/mol. The van der Waals surface area contributed by atoms with Gasteiger partial charge in [0.1, 0.15) is 6.07 Å². The maximum atomic E-state index is 9.47. The van der Waals surface area contributed by atoms with Crippen molar-refractivity contribution in [1.82, 2.24) is 0 Å². The summed E-state index contributed by atoms with van der Waals surface area (Å²) in [7, 11) is 0. The van der Waals surface area contributed by atoms with Crippen LogP contribution in [0.15, 0.2) is 18.2 Å². The van der Waals surface area contributed by atoms with Crippen LogP contribution in [0.25, 0.3) is 0 Å². The zero-order chi connectivity index (χ0) is 14.5. The molecule has 0 unspecified atom stereocenters. The number of nitriles is 1. The lowest BCUT2D eigenvalue weighted by atomic mass is 10.0. The minimum Gasteiger partial charge on any atom is -0.367 e. The van der Waals surface area contributed by atoms with Gasteiger partial charge in [-0.25, -0.2) is 0 Å². The molecule has 0 atom stereocenters. The van der Waals surface area contributed by atoms with Crippen molar-refractivity contribution in [2.75, 3.05) is 11.4 Å². The van der Waals surface area contributed by atoms with Crippen LogP contribution in [0.3, 0.4) is 0 Å². The summed E-state index contributed by atoms with van der Waals surface area (Å²) >= 11 is 3.47. The number of nitrogens with zero attached hydrogens (tertiary/aromatic N) is 2. The molecule has 0 spiro atoms. The van der Waals surface area contributed by atoms with Gasteiger partial charge in [0.15, 0.2) is 0 Å². The quantitative estimate of drug-likeness (QED) is 0.719. The van der Waals surface area contributed by atoms with Gasteiger partial charge in [-0.3, -0.25) is 0 Å². The Kier molecular flexibility index (Phi) is 5.48. The van der Waals surface area contributed by atoms with Gasteiger partial charge in [-0.15, -0.1) is 0 Å². The highest BCUT2D eigenvalue weighted by atomic mass is 79.9. The number of hydrogen-bond donors (Lipinski definition) is 0. The van der Waals surface area contributed by atoms with Crippen LogP contribution >= 0.6 is 15.9 Å². The summed E-state index contributed by atoms with van der Waals surface area (Å²) in [6, 6.07) is 9.28. The van der Waals surface area contributed by atoms with Crippen molar-refractivity contribution < 1.29 is 0 Å². The van der Waals surface area contributed by atoms with Crippen molar-refractivity contribution in [2.45, 2.75) is 50.9 Å². The van der Waals surface area contributed by atoms with E-state index in [0.717, 1.165) is 23.1 Å². The molecule has 20 heavy (non-hydrogen) atoms. The maximum Gasteiger partial charge on any atom is 0.101 e. The number of rotatable bonds is 5. The van der Waals surface area contributed by atoms with Gasteiger partial charge >= 0.3 is 0 Å². The van der Waals surface area contributed by atoms with E-state index in [9.17, 15) is 5.26 Å². The zero-order valence-corrected chi connectivity index (χ0v) is 14.0. The Hall–Kier alpha value is -1.01. The third-order valence-corrected chi connectivity index (χ3v) is 4.62. The number of benzene rings is 1. The molecular weight excluding hydrogens is 312 g/mol. The first-order valence-corrected chi connectivity index (χ1v) is 8.63. The van der Waals surface area contributed by atoms with Crippen LogP contribution in [-0.4, -0.2) is 12.6 Å². The smallest absolute Gasteiger partial charge is 0.101 e. The topological polar surface area (TPSA) is 27.0 Å². The Morgan fingerprint density at radius 1 is 1.35 bits per heavy atom. The third-order valence-electron chi connectivity index (χ3n) is 3.97. The molecular formula is C17H23BrN2. The molecule has 0 bridgehead atoms. The summed E-state index contributed by atoms with van der Waals surface area (Å²) in [6.45, 7) is 5.54. The van der Waals surface area contributed by atoms with Crippen molar-refractivity contribution in [2.24, 2.45) is 5.92 Å². The highest BCUT2D eigenvalue weighted by molar-refractivity contribution is 9.08. The highest BCUT2D eigenvalue weighted by Crippen LogP contribution is 2.31. The Balaban J connectivity index is 2.34. The maximum absolute atomic E-state index is 9.47. The molecule has 108 valence electrons. The third kappa shape index (κ3) is 3.55. The highest BCUT2D eigenvalue weighted by Gasteiger charge is 2.25. The molecule has 0 aliphatic heterocycles. The zero-order valence-electron chi connectivity index (χ0n) is 12.4. The number of anilines is 1. The predicted octanol–water partition coefficient (Wildman–Crippen LogP) is 4.86. The Bertz CT molecular complexity index is 484. The summed E-state index contributed by atoms with van der Waals surface area (Å²) in [5.41, 5.74) is 3.11. The first kappa shape index (κ1) is 15.4. The average molecular weight is 335 g/mol. The lowest BCUT2D eigenvalue weighted by molar-refractivity contribution is 0.535. The van der Waals surface area contributed by atoms with E-state index in [-0.39, 0.29) is 0 Å². The second-order valence-corrected chi connectivity index (χ2v) is 6.64. The van der Waals surface area contributed by atoms with Gasteiger partial charge in [-0.05, 0) is 36.5 Å². The lowest BCUT2D eigenvalue weighted by Crippen LogP contribution is -2.36. The van der Waals surface area contributed by atoms with Gasteiger partial charge in [-0.1, -0.05) is 48.7 Å². The van der Waals surface area contributed by atoms with E-state index in [4.69, 9.17) is 0 Å². The van der Waals surface area contributed by atoms with Crippen molar-refractivity contribution in [3.63, 3.8) is 0 Å². The van der Waals surface area contributed by atoms with Crippen molar-refractivity contribution in [3.05, 3.63) is 29.3 Å². The van der Waals surface area contributed by atoms with Crippen LogP contribution in [0.1, 0.15) is 50.7 Å². The number of hydrogen-bond acceptors (Lipinski definition) is 2. The van der Waals surface area contributed by atoms with E-state index >= 15 is 0 Å². The fourth-order valence-electron chi connectivity index (χ4n) is 3.06. The molecule has 0 heterocycles. The summed E-state index contributed by atoms with van der Waals surface area (Å²) in [6.07, 6.45) is 5.16. The lowest BCUT2D eigenvalue weighted by Gasteiger charge is -2.33. The van der Waals surface area contributed by atoms with Crippen LogP contribution in [0.2, 0.25) is 0 Å². The van der Waals surface area contributed by atoms with E-state index < -0.39 is 0 Å². The Morgan fingerprint density at radius 2 is 2.05 bits per heavy atom. The molecule has 0 radical (unpaired) electrons. The molecule has 0 amide bonds. The van der Waals surface area contributed by atoms with Gasteiger partial charge in [0.05, 0.1) is 11.3 Å². The van der Waals surface area contributed by atoms with E-state index in [0.29, 0.717) is 12.0 Å². The molecule has 3 heteroatoms. The summed E-state index contributed by atoms with van der Waals surface area (Å²) in [4.78, 5) is 2.48. The largest absolute Gasteiger partial charge is 0.367 e. The molecule has 0 N–H and O–H groups in total. The first-order chi connectivity index (χ1) is 9.65. The molecule has 1 aromatic rings. The van der Waals surface area contributed by atoms with Crippen LogP contribution < -0.4 is 4.90 Å². The number of halogens is 1.